The summed E-state index contributed by atoms with van der Waals surface area (Å²) < 4.78 is 0. The number of carbonyl (C=O) groups is 3. The summed E-state index contributed by atoms with van der Waals surface area (Å²) in [7, 11) is 0. The molecule has 0 aromatic rings. The molecule has 0 fully saturated rings. The standard InChI is InChI=1S/C11H21N3O4/c1-5-12-11(18)14-9(15)7(4)13-8(6(2)3)10(16)17/h6-8,13H,5H2,1-4H3,(H,16,17)(H2,12,14,15,18). The Morgan fingerprint density at radius 2 is 1.72 bits per heavy atom. The number of hydrogen-bond acceptors (Lipinski definition) is 4. The molecule has 0 rings (SSSR count). The first-order chi connectivity index (χ1) is 8.29. The highest BCUT2D eigenvalue weighted by atomic mass is 16.4. The number of carbonyl (C=O) groups excluding carboxylic acids is 2. The molecular formula is C11H21N3O4. The monoisotopic (exact) mass is 259 g/mol. The minimum Gasteiger partial charge on any atom is -0.480 e. The molecule has 0 aliphatic carbocycles. The summed E-state index contributed by atoms with van der Waals surface area (Å²) in [4.78, 5) is 33.7. The van der Waals surface area contributed by atoms with Crippen LogP contribution in [0, 0.1) is 5.92 Å². The summed E-state index contributed by atoms with van der Waals surface area (Å²) >= 11 is 0. The van der Waals surface area contributed by atoms with E-state index >= 15 is 0 Å². The maximum absolute atomic E-state index is 11.6. The van der Waals surface area contributed by atoms with E-state index in [4.69, 9.17) is 5.11 Å². The van der Waals surface area contributed by atoms with Gasteiger partial charge in [0.05, 0.1) is 6.04 Å². The van der Waals surface area contributed by atoms with E-state index in [1.807, 2.05) is 0 Å². The van der Waals surface area contributed by atoms with Crippen molar-refractivity contribution in [2.24, 2.45) is 5.92 Å². The van der Waals surface area contributed by atoms with E-state index in [-0.39, 0.29) is 5.92 Å². The highest BCUT2D eigenvalue weighted by Crippen LogP contribution is 2.03. The largest absolute Gasteiger partial charge is 0.480 e. The highest BCUT2D eigenvalue weighted by molar-refractivity contribution is 5.97. The molecule has 0 aliphatic heterocycles. The zero-order chi connectivity index (χ0) is 14.3. The van der Waals surface area contributed by atoms with Gasteiger partial charge in [-0.2, -0.15) is 0 Å². The minimum absolute atomic E-state index is 0.165. The zero-order valence-corrected chi connectivity index (χ0v) is 11.1. The lowest BCUT2D eigenvalue weighted by Crippen LogP contribution is -2.53. The Hall–Kier alpha value is -1.63. The van der Waals surface area contributed by atoms with Crippen molar-refractivity contribution in [3.8, 4) is 0 Å². The molecule has 4 N–H and O–H groups in total. The highest BCUT2D eigenvalue weighted by Gasteiger charge is 2.26. The number of amides is 3. The summed E-state index contributed by atoms with van der Waals surface area (Å²) in [5.41, 5.74) is 0. The van der Waals surface area contributed by atoms with Crippen molar-refractivity contribution in [3.05, 3.63) is 0 Å². The van der Waals surface area contributed by atoms with E-state index in [9.17, 15) is 14.4 Å². The fourth-order valence-corrected chi connectivity index (χ4v) is 1.32. The zero-order valence-electron chi connectivity index (χ0n) is 11.1. The fourth-order valence-electron chi connectivity index (χ4n) is 1.32. The number of hydrogen-bond donors (Lipinski definition) is 4. The second kappa shape index (κ2) is 7.65. The van der Waals surface area contributed by atoms with Gasteiger partial charge in [-0.05, 0) is 19.8 Å². The van der Waals surface area contributed by atoms with Crippen molar-refractivity contribution in [2.75, 3.05) is 6.54 Å². The van der Waals surface area contributed by atoms with Crippen LogP contribution in [0.4, 0.5) is 4.79 Å². The molecule has 0 heterocycles. The molecule has 0 aliphatic rings. The van der Waals surface area contributed by atoms with Crippen LogP contribution in [0.2, 0.25) is 0 Å². The van der Waals surface area contributed by atoms with Crippen molar-refractivity contribution < 1.29 is 19.5 Å². The van der Waals surface area contributed by atoms with Gasteiger partial charge in [0.1, 0.15) is 6.04 Å². The van der Waals surface area contributed by atoms with Crippen LogP contribution >= 0.6 is 0 Å². The quantitative estimate of drug-likeness (QED) is 0.533. The van der Waals surface area contributed by atoms with Gasteiger partial charge in [0.15, 0.2) is 0 Å². The van der Waals surface area contributed by atoms with E-state index in [2.05, 4.69) is 16.0 Å². The molecule has 0 aromatic carbocycles. The number of carboxylic acids is 1. The Kier molecular flexibility index (Phi) is 6.96. The third-order valence-electron chi connectivity index (χ3n) is 2.33. The smallest absolute Gasteiger partial charge is 0.321 e. The van der Waals surface area contributed by atoms with Gasteiger partial charge in [-0.3, -0.25) is 20.2 Å². The van der Waals surface area contributed by atoms with Crippen LogP contribution < -0.4 is 16.0 Å². The third-order valence-corrected chi connectivity index (χ3v) is 2.33. The van der Waals surface area contributed by atoms with E-state index in [0.29, 0.717) is 6.54 Å². The molecule has 2 unspecified atom stereocenters. The van der Waals surface area contributed by atoms with Crippen LogP contribution in [0.15, 0.2) is 0 Å². The van der Waals surface area contributed by atoms with Crippen LogP contribution in [0.3, 0.4) is 0 Å². The molecule has 3 amide bonds. The Balaban J connectivity index is 4.37. The molecule has 0 saturated heterocycles. The van der Waals surface area contributed by atoms with Gasteiger partial charge in [0, 0.05) is 6.54 Å². The number of rotatable bonds is 6. The molecule has 7 nitrogen and oxygen atoms in total. The first-order valence-corrected chi connectivity index (χ1v) is 5.87. The molecular weight excluding hydrogens is 238 g/mol. The topological polar surface area (TPSA) is 108 Å². The van der Waals surface area contributed by atoms with Crippen molar-refractivity contribution in [2.45, 2.75) is 39.8 Å². The van der Waals surface area contributed by atoms with Gasteiger partial charge in [0.2, 0.25) is 5.91 Å². The molecule has 104 valence electrons. The van der Waals surface area contributed by atoms with E-state index in [1.165, 1.54) is 6.92 Å². The Bertz CT molecular complexity index is 317. The second-order valence-electron chi connectivity index (χ2n) is 4.30. The maximum Gasteiger partial charge on any atom is 0.321 e. The van der Waals surface area contributed by atoms with Gasteiger partial charge in [-0.15, -0.1) is 0 Å². The van der Waals surface area contributed by atoms with Crippen LogP contribution in [0.1, 0.15) is 27.7 Å². The first kappa shape index (κ1) is 16.4. The van der Waals surface area contributed by atoms with Crippen LogP contribution in [-0.4, -0.2) is 41.6 Å². The van der Waals surface area contributed by atoms with E-state index in [0.717, 1.165) is 0 Å². The molecule has 0 radical (unpaired) electrons. The molecule has 18 heavy (non-hydrogen) atoms. The molecule has 7 heteroatoms. The van der Waals surface area contributed by atoms with E-state index < -0.39 is 30.0 Å². The lowest BCUT2D eigenvalue weighted by Gasteiger charge is -2.22. The van der Waals surface area contributed by atoms with Crippen molar-refractivity contribution in [3.63, 3.8) is 0 Å². The summed E-state index contributed by atoms with van der Waals surface area (Å²) in [6.45, 7) is 7.11. The number of urea groups is 1. The van der Waals surface area contributed by atoms with Gasteiger partial charge in [-0.1, -0.05) is 13.8 Å². The normalized spacial score (nSPS) is 13.8. The van der Waals surface area contributed by atoms with Gasteiger partial charge in [0.25, 0.3) is 0 Å². The number of nitrogens with one attached hydrogen (secondary N) is 3. The van der Waals surface area contributed by atoms with Crippen molar-refractivity contribution in [1.82, 2.24) is 16.0 Å². The Labute approximate surface area is 106 Å². The number of carboxylic acid groups (broad SMARTS) is 1. The van der Waals surface area contributed by atoms with Crippen molar-refractivity contribution >= 4 is 17.9 Å². The molecule has 0 aromatic heterocycles. The van der Waals surface area contributed by atoms with Crippen LogP contribution in [0.5, 0.6) is 0 Å². The maximum atomic E-state index is 11.6. The lowest BCUT2D eigenvalue weighted by molar-refractivity contribution is -0.141. The van der Waals surface area contributed by atoms with Crippen LogP contribution in [-0.2, 0) is 9.59 Å². The first-order valence-electron chi connectivity index (χ1n) is 5.87. The van der Waals surface area contributed by atoms with E-state index in [1.54, 1.807) is 20.8 Å². The van der Waals surface area contributed by atoms with Gasteiger partial charge < -0.3 is 10.4 Å². The van der Waals surface area contributed by atoms with Gasteiger partial charge >= 0.3 is 12.0 Å². The summed E-state index contributed by atoms with van der Waals surface area (Å²) in [6.07, 6.45) is 0. The molecule has 0 spiro atoms. The van der Waals surface area contributed by atoms with Crippen LogP contribution in [0.25, 0.3) is 0 Å². The predicted octanol–water partition coefficient (Wildman–Crippen LogP) is -0.0806. The molecule has 0 bridgehead atoms. The third kappa shape index (κ3) is 5.62. The number of aliphatic carboxylic acids is 1. The summed E-state index contributed by atoms with van der Waals surface area (Å²) in [6, 6.07) is -2.19. The fraction of sp³-hybridized carbons (Fsp3) is 0.727. The van der Waals surface area contributed by atoms with Gasteiger partial charge in [-0.25, -0.2) is 4.79 Å². The minimum atomic E-state index is -1.03. The average molecular weight is 259 g/mol. The predicted molar refractivity (Wildman–Crippen MR) is 66.1 cm³/mol. The Morgan fingerprint density at radius 1 is 1.17 bits per heavy atom. The Morgan fingerprint density at radius 3 is 2.11 bits per heavy atom. The number of imide groups is 1. The average Bonchev–Trinajstić information content (AvgIpc) is 2.24. The second-order valence-corrected chi connectivity index (χ2v) is 4.30. The SMILES string of the molecule is CCNC(=O)NC(=O)C(C)NC(C(=O)O)C(C)C. The summed E-state index contributed by atoms with van der Waals surface area (Å²) in [5, 5.41) is 16.2. The summed E-state index contributed by atoms with van der Waals surface area (Å²) in [5.74, 6) is -1.75. The molecule has 0 saturated carbocycles. The molecule has 2 atom stereocenters. The van der Waals surface area contributed by atoms with Crippen molar-refractivity contribution in [1.29, 1.82) is 0 Å². The lowest BCUT2D eigenvalue weighted by atomic mass is 10.0.